The lowest BCUT2D eigenvalue weighted by Gasteiger charge is -2.11. The van der Waals surface area contributed by atoms with Gasteiger partial charge in [0.25, 0.3) is 0 Å². The predicted molar refractivity (Wildman–Crippen MR) is 76.2 cm³/mol. The first-order valence-corrected chi connectivity index (χ1v) is 6.57. The van der Waals surface area contributed by atoms with Crippen LogP contribution in [0.3, 0.4) is 0 Å². The van der Waals surface area contributed by atoms with E-state index in [0.29, 0.717) is 0 Å². The van der Waals surface area contributed by atoms with Gasteiger partial charge in [0.2, 0.25) is 0 Å². The molecular formula is C14H10BrF2NO3. The summed E-state index contributed by atoms with van der Waals surface area (Å²) in [7, 11) is 0. The van der Waals surface area contributed by atoms with Crippen molar-refractivity contribution in [2.45, 2.75) is 6.61 Å². The van der Waals surface area contributed by atoms with Gasteiger partial charge in [-0.2, -0.15) is 0 Å². The van der Waals surface area contributed by atoms with Crippen molar-refractivity contribution in [2.75, 3.05) is 5.73 Å². The third kappa shape index (κ3) is 3.30. The second kappa shape index (κ2) is 6.09. The Bertz CT molecular complexity index is 707. The molecule has 0 atom stereocenters. The molecule has 2 rings (SSSR count). The molecule has 0 aromatic heterocycles. The largest absolute Gasteiger partial charge is 0.487 e. The van der Waals surface area contributed by atoms with Crippen LogP contribution >= 0.6 is 15.9 Å². The third-order valence-corrected chi connectivity index (χ3v) is 3.38. The number of nitrogens with two attached hydrogens (primary N) is 1. The quantitative estimate of drug-likeness (QED) is 0.647. The number of aromatic carboxylic acids is 1. The van der Waals surface area contributed by atoms with Crippen LogP contribution < -0.4 is 10.5 Å². The minimum Gasteiger partial charge on any atom is -0.487 e. The number of halogens is 3. The van der Waals surface area contributed by atoms with Gasteiger partial charge in [-0.25, -0.2) is 13.6 Å². The highest BCUT2D eigenvalue weighted by atomic mass is 79.9. The Morgan fingerprint density at radius 2 is 2.00 bits per heavy atom. The van der Waals surface area contributed by atoms with E-state index >= 15 is 0 Å². The number of carbonyl (C=O) groups is 1. The van der Waals surface area contributed by atoms with E-state index in [1.54, 1.807) is 0 Å². The fraction of sp³-hybridized carbons (Fsp3) is 0.0714. The van der Waals surface area contributed by atoms with Crippen molar-refractivity contribution in [1.82, 2.24) is 0 Å². The Balaban J connectivity index is 2.21. The van der Waals surface area contributed by atoms with Crippen LogP contribution in [0.5, 0.6) is 5.75 Å². The van der Waals surface area contributed by atoms with Crippen molar-refractivity contribution < 1.29 is 23.4 Å². The molecule has 21 heavy (non-hydrogen) atoms. The predicted octanol–water partition coefficient (Wildman–Crippen LogP) is 3.59. The maximum atomic E-state index is 13.8. The van der Waals surface area contributed by atoms with Crippen molar-refractivity contribution in [1.29, 1.82) is 0 Å². The average molecular weight is 358 g/mol. The number of ether oxygens (including phenoxy) is 1. The van der Waals surface area contributed by atoms with E-state index < -0.39 is 17.6 Å². The summed E-state index contributed by atoms with van der Waals surface area (Å²) in [6, 6.07) is 6.21. The monoisotopic (exact) mass is 357 g/mol. The van der Waals surface area contributed by atoms with Crippen molar-refractivity contribution in [3.8, 4) is 5.75 Å². The Hall–Kier alpha value is -2.15. The van der Waals surface area contributed by atoms with Crippen LogP contribution in [0.2, 0.25) is 0 Å². The number of rotatable bonds is 4. The van der Waals surface area contributed by atoms with Gasteiger partial charge in [-0.15, -0.1) is 0 Å². The number of anilines is 1. The van der Waals surface area contributed by atoms with Gasteiger partial charge in [0.05, 0.1) is 21.3 Å². The van der Waals surface area contributed by atoms with Gasteiger partial charge in [-0.1, -0.05) is 0 Å². The van der Waals surface area contributed by atoms with Gasteiger partial charge < -0.3 is 15.6 Å². The zero-order valence-corrected chi connectivity index (χ0v) is 12.2. The zero-order valence-electron chi connectivity index (χ0n) is 10.6. The molecule has 0 aliphatic carbocycles. The molecule has 0 heterocycles. The topological polar surface area (TPSA) is 72.6 Å². The SMILES string of the molecule is Nc1cc(C(=O)O)ccc1OCc1c(F)ccc(Br)c1F. The summed E-state index contributed by atoms with van der Waals surface area (Å²) in [4.78, 5) is 10.8. The Morgan fingerprint density at radius 1 is 1.29 bits per heavy atom. The second-order valence-electron chi connectivity index (χ2n) is 4.17. The Morgan fingerprint density at radius 3 is 2.62 bits per heavy atom. The van der Waals surface area contributed by atoms with Gasteiger partial charge in [0.1, 0.15) is 24.0 Å². The van der Waals surface area contributed by atoms with E-state index in [9.17, 15) is 13.6 Å². The van der Waals surface area contributed by atoms with E-state index in [2.05, 4.69) is 15.9 Å². The van der Waals surface area contributed by atoms with E-state index in [0.717, 1.165) is 6.07 Å². The van der Waals surface area contributed by atoms with Crippen LogP contribution in [0, 0.1) is 11.6 Å². The molecular weight excluding hydrogens is 348 g/mol. The van der Waals surface area contributed by atoms with E-state index in [1.807, 2.05) is 0 Å². The van der Waals surface area contributed by atoms with Crippen molar-refractivity contribution >= 4 is 27.6 Å². The first-order valence-electron chi connectivity index (χ1n) is 5.78. The lowest BCUT2D eigenvalue weighted by molar-refractivity contribution is 0.0697. The first kappa shape index (κ1) is 15.2. The van der Waals surface area contributed by atoms with E-state index in [-0.39, 0.29) is 33.6 Å². The van der Waals surface area contributed by atoms with Gasteiger partial charge in [-0.05, 0) is 46.3 Å². The number of benzene rings is 2. The Labute approximate surface area is 127 Å². The normalized spacial score (nSPS) is 10.4. The lowest BCUT2D eigenvalue weighted by Crippen LogP contribution is -2.05. The van der Waals surface area contributed by atoms with Crippen LogP contribution in [0.4, 0.5) is 14.5 Å². The summed E-state index contributed by atoms with van der Waals surface area (Å²) >= 11 is 2.96. The molecule has 0 spiro atoms. The molecule has 0 aliphatic heterocycles. The molecule has 0 radical (unpaired) electrons. The number of carboxylic acids is 1. The fourth-order valence-electron chi connectivity index (χ4n) is 1.66. The van der Waals surface area contributed by atoms with Crippen LogP contribution in [-0.4, -0.2) is 11.1 Å². The molecule has 2 aromatic carbocycles. The molecule has 2 aromatic rings. The number of nitrogen functional groups attached to an aromatic ring is 1. The highest BCUT2D eigenvalue weighted by Crippen LogP contribution is 2.26. The molecule has 0 bridgehead atoms. The summed E-state index contributed by atoms with van der Waals surface area (Å²) in [6.45, 7) is -0.367. The molecule has 0 saturated carbocycles. The zero-order chi connectivity index (χ0) is 15.6. The second-order valence-corrected chi connectivity index (χ2v) is 5.02. The van der Waals surface area contributed by atoms with Gasteiger partial charge in [0.15, 0.2) is 0 Å². The lowest BCUT2D eigenvalue weighted by atomic mass is 10.2. The molecule has 0 unspecified atom stereocenters. The first-order chi connectivity index (χ1) is 9.90. The number of hydrogen-bond donors (Lipinski definition) is 2. The molecule has 0 saturated heterocycles. The van der Waals surface area contributed by atoms with Crippen molar-refractivity contribution in [3.63, 3.8) is 0 Å². The highest BCUT2D eigenvalue weighted by molar-refractivity contribution is 9.10. The van der Waals surface area contributed by atoms with Crippen LogP contribution in [0.25, 0.3) is 0 Å². The van der Waals surface area contributed by atoms with Gasteiger partial charge >= 0.3 is 5.97 Å². The smallest absolute Gasteiger partial charge is 0.335 e. The van der Waals surface area contributed by atoms with Crippen LogP contribution in [0.15, 0.2) is 34.8 Å². The summed E-state index contributed by atoms with van der Waals surface area (Å²) in [5, 5.41) is 8.81. The highest BCUT2D eigenvalue weighted by Gasteiger charge is 2.14. The molecule has 0 aliphatic rings. The maximum Gasteiger partial charge on any atom is 0.335 e. The molecule has 0 fully saturated rings. The van der Waals surface area contributed by atoms with Crippen LogP contribution in [-0.2, 0) is 6.61 Å². The molecule has 110 valence electrons. The van der Waals surface area contributed by atoms with Crippen molar-refractivity contribution in [2.24, 2.45) is 0 Å². The van der Waals surface area contributed by atoms with Gasteiger partial charge in [0, 0.05) is 0 Å². The number of carboxylic acid groups (broad SMARTS) is 1. The number of hydrogen-bond acceptors (Lipinski definition) is 3. The minimum absolute atomic E-state index is 0.000309. The van der Waals surface area contributed by atoms with Crippen molar-refractivity contribution in [3.05, 3.63) is 57.6 Å². The van der Waals surface area contributed by atoms with Crippen LogP contribution in [0.1, 0.15) is 15.9 Å². The van der Waals surface area contributed by atoms with Gasteiger partial charge in [-0.3, -0.25) is 0 Å². The summed E-state index contributed by atoms with van der Waals surface area (Å²) in [5.41, 5.74) is 5.47. The maximum absolute atomic E-state index is 13.8. The third-order valence-electron chi connectivity index (χ3n) is 2.77. The molecule has 7 heteroatoms. The van der Waals surface area contributed by atoms with E-state index in [1.165, 1.54) is 24.3 Å². The minimum atomic E-state index is -1.13. The average Bonchev–Trinajstić information content (AvgIpc) is 2.44. The summed E-state index contributed by atoms with van der Waals surface area (Å²) < 4.78 is 32.7. The standard InChI is InChI=1S/C14H10BrF2NO3/c15-9-2-3-10(16)8(13(9)17)6-21-12-4-1-7(14(19)20)5-11(12)18/h1-5H,6,18H2,(H,19,20). The fourth-order valence-corrected chi connectivity index (χ4v) is 2.04. The summed E-state index contributed by atoms with van der Waals surface area (Å²) in [6.07, 6.45) is 0. The molecule has 0 amide bonds. The summed E-state index contributed by atoms with van der Waals surface area (Å²) in [5.74, 6) is -2.47. The van der Waals surface area contributed by atoms with E-state index in [4.69, 9.17) is 15.6 Å². The Kier molecular flexibility index (Phi) is 4.42. The molecule has 3 N–H and O–H groups in total. The molecule has 4 nitrogen and oxygen atoms in total.